The minimum Gasteiger partial charge on any atom is -0.478 e. The van der Waals surface area contributed by atoms with E-state index in [1.165, 1.54) is 6.07 Å². The van der Waals surface area contributed by atoms with Gasteiger partial charge in [0.25, 0.3) is 0 Å². The summed E-state index contributed by atoms with van der Waals surface area (Å²) in [7, 11) is 0. The van der Waals surface area contributed by atoms with Crippen molar-refractivity contribution in [1.82, 2.24) is 0 Å². The molecular weight excluding hydrogens is 320 g/mol. The van der Waals surface area contributed by atoms with E-state index in [2.05, 4.69) is 10.2 Å². The average Bonchev–Trinajstić information content (AvgIpc) is 3.15. The zero-order valence-electron chi connectivity index (χ0n) is 13.8. The van der Waals surface area contributed by atoms with Crippen molar-refractivity contribution in [2.75, 3.05) is 23.3 Å². The smallest absolute Gasteiger partial charge is 0.412 e. The van der Waals surface area contributed by atoms with Crippen LogP contribution in [0.15, 0.2) is 48.5 Å². The molecule has 1 aliphatic rings. The normalized spacial score (nSPS) is 13.5. The second-order valence-corrected chi connectivity index (χ2v) is 5.92. The van der Waals surface area contributed by atoms with Crippen molar-refractivity contribution in [2.24, 2.45) is 0 Å². The number of nitrogens with zero attached hydrogens (tertiary/aromatic N) is 1. The van der Waals surface area contributed by atoms with E-state index in [1.807, 2.05) is 30.3 Å². The molecule has 0 unspecified atom stereocenters. The minimum absolute atomic E-state index is 0.126. The van der Waals surface area contributed by atoms with Crippen molar-refractivity contribution in [2.45, 2.75) is 19.4 Å². The van der Waals surface area contributed by atoms with Crippen LogP contribution >= 0.6 is 0 Å². The predicted molar refractivity (Wildman–Crippen MR) is 95.1 cm³/mol. The highest BCUT2D eigenvalue weighted by Crippen LogP contribution is 2.30. The summed E-state index contributed by atoms with van der Waals surface area (Å²) >= 11 is 0. The predicted octanol–water partition coefficient (Wildman–Crippen LogP) is 3.73. The third-order valence-electron chi connectivity index (χ3n) is 4.14. The van der Waals surface area contributed by atoms with Crippen molar-refractivity contribution in [3.05, 3.63) is 59.7 Å². The van der Waals surface area contributed by atoms with Gasteiger partial charge in [0.05, 0.1) is 16.9 Å². The molecule has 3 rings (SSSR count). The molecule has 1 amide bonds. The van der Waals surface area contributed by atoms with Crippen LogP contribution in [-0.2, 0) is 11.3 Å². The van der Waals surface area contributed by atoms with E-state index in [-0.39, 0.29) is 12.2 Å². The van der Waals surface area contributed by atoms with Crippen molar-refractivity contribution in [3.8, 4) is 0 Å². The number of ether oxygens (including phenoxy) is 1. The molecule has 130 valence electrons. The summed E-state index contributed by atoms with van der Waals surface area (Å²) in [6.07, 6.45) is 1.56. The van der Waals surface area contributed by atoms with Crippen molar-refractivity contribution < 1.29 is 19.4 Å². The lowest BCUT2D eigenvalue weighted by Crippen LogP contribution is -2.22. The van der Waals surface area contributed by atoms with Crippen molar-refractivity contribution in [1.29, 1.82) is 0 Å². The number of amides is 1. The molecule has 2 aromatic rings. The van der Waals surface area contributed by atoms with E-state index in [9.17, 15) is 14.7 Å². The quantitative estimate of drug-likeness (QED) is 0.867. The molecule has 0 saturated carbocycles. The summed E-state index contributed by atoms with van der Waals surface area (Å²) in [5.41, 5.74) is 2.29. The standard InChI is InChI=1S/C19H20N2O4/c22-18(23)15-8-9-17(21-10-4-5-11-21)16(12-15)20-19(24)25-13-14-6-2-1-3-7-14/h1-3,6-9,12H,4-5,10-11,13H2,(H,20,24)(H,22,23). The Morgan fingerprint density at radius 2 is 1.80 bits per heavy atom. The van der Waals surface area contributed by atoms with Gasteiger partial charge in [-0.1, -0.05) is 30.3 Å². The van der Waals surface area contributed by atoms with Gasteiger partial charge in [-0.25, -0.2) is 9.59 Å². The van der Waals surface area contributed by atoms with E-state index in [4.69, 9.17) is 4.74 Å². The van der Waals surface area contributed by atoms with Crippen molar-refractivity contribution in [3.63, 3.8) is 0 Å². The van der Waals surface area contributed by atoms with E-state index in [1.54, 1.807) is 12.1 Å². The molecule has 25 heavy (non-hydrogen) atoms. The monoisotopic (exact) mass is 340 g/mol. The molecule has 6 heteroatoms. The maximum absolute atomic E-state index is 12.1. The summed E-state index contributed by atoms with van der Waals surface area (Å²) in [5.74, 6) is -1.03. The Hall–Kier alpha value is -3.02. The summed E-state index contributed by atoms with van der Waals surface area (Å²) in [5, 5.41) is 11.9. The summed E-state index contributed by atoms with van der Waals surface area (Å²) in [6.45, 7) is 1.94. The summed E-state index contributed by atoms with van der Waals surface area (Å²) in [4.78, 5) is 25.5. The van der Waals surface area contributed by atoms with Gasteiger partial charge in [-0.05, 0) is 36.6 Å². The molecular formula is C19H20N2O4. The second kappa shape index (κ2) is 7.70. The number of aromatic carboxylic acids is 1. The third kappa shape index (κ3) is 4.29. The van der Waals surface area contributed by atoms with Gasteiger partial charge < -0.3 is 14.7 Å². The average molecular weight is 340 g/mol. The van der Waals surface area contributed by atoms with Gasteiger partial charge in [-0.2, -0.15) is 0 Å². The molecule has 0 spiro atoms. The lowest BCUT2D eigenvalue weighted by atomic mass is 10.1. The lowest BCUT2D eigenvalue weighted by molar-refractivity contribution is 0.0697. The van der Waals surface area contributed by atoms with Crippen LogP contribution < -0.4 is 10.2 Å². The largest absolute Gasteiger partial charge is 0.478 e. The molecule has 0 atom stereocenters. The second-order valence-electron chi connectivity index (χ2n) is 5.92. The maximum Gasteiger partial charge on any atom is 0.412 e. The number of hydrogen-bond acceptors (Lipinski definition) is 4. The summed E-state index contributed by atoms with van der Waals surface area (Å²) < 4.78 is 5.23. The van der Waals surface area contributed by atoms with E-state index in [0.29, 0.717) is 5.69 Å². The number of rotatable bonds is 5. The highest BCUT2D eigenvalue weighted by molar-refractivity contribution is 5.95. The van der Waals surface area contributed by atoms with E-state index < -0.39 is 12.1 Å². The first-order valence-corrected chi connectivity index (χ1v) is 8.23. The molecule has 0 aliphatic carbocycles. The Morgan fingerprint density at radius 1 is 1.08 bits per heavy atom. The van der Waals surface area contributed by atoms with Crippen LogP contribution in [0.5, 0.6) is 0 Å². The Kier molecular flexibility index (Phi) is 5.18. The van der Waals surface area contributed by atoms with Gasteiger partial charge >= 0.3 is 12.1 Å². The molecule has 0 bridgehead atoms. The molecule has 1 saturated heterocycles. The van der Waals surface area contributed by atoms with Crippen LogP contribution in [0.3, 0.4) is 0 Å². The first-order valence-electron chi connectivity index (χ1n) is 8.23. The number of benzene rings is 2. The van der Waals surface area contributed by atoms with Gasteiger partial charge in [-0.15, -0.1) is 0 Å². The SMILES string of the molecule is O=C(Nc1cc(C(=O)O)ccc1N1CCCC1)OCc1ccccc1. The lowest BCUT2D eigenvalue weighted by Gasteiger charge is -2.22. The van der Waals surface area contributed by atoms with Crippen LogP contribution in [0, 0.1) is 0 Å². The number of carbonyl (C=O) groups is 2. The molecule has 2 aromatic carbocycles. The topological polar surface area (TPSA) is 78.9 Å². The Labute approximate surface area is 146 Å². The number of hydrogen-bond donors (Lipinski definition) is 2. The van der Waals surface area contributed by atoms with E-state index >= 15 is 0 Å². The van der Waals surface area contributed by atoms with Crippen LogP contribution in [0.4, 0.5) is 16.2 Å². The zero-order chi connectivity index (χ0) is 17.6. The number of carboxylic acid groups (broad SMARTS) is 1. The Morgan fingerprint density at radius 3 is 2.48 bits per heavy atom. The van der Waals surface area contributed by atoms with Crippen LogP contribution in [0.25, 0.3) is 0 Å². The third-order valence-corrected chi connectivity index (χ3v) is 4.14. The summed E-state index contributed by atoms with van der Waals surface area (Å²) in [6, 6.07) is 14.1. The molecule has 0 aromatic heterocycles. The molecule has 1 heterocycles. The van der Waals surface area contributed by atoms with Crippen molar-refractivity contribution >= 4 is 23.4 Å². The highest BCUT2D eigenvalue weighted by atomic mass is 16.5. The Bertz CT molecular complexity index is 755. The number of nitrogens with one attached hydrogen (secondary N) is 1. The highest BCUT2D eigenvalue weighted by Gasteiger charge is 2.19. The van der Waals surface area contributed by atoms with Gasteiger partial charge in [0.2, 0.25) is 0 Å². The van der Waals surface area contributed by atoms with Gasteiger partial charge in [0.15, 0.2) is 0 Å². The fraction of sp³-hybridized carbons (Fsp3) is 0.263. The van der Waals surface area contributed by atoms with Crippen LogP contribution in [-0.4, -0.2) is 30.3 Å². The number of anilines is 2. The van der Waals surface area contributed by atoms with Gasteiger partial charge in [0.1, 0.15) is 6.61 Å². The first-order chi connectivity index (χ1) is 12.1. The van der Waals surface area contributed by atoms with Gasteiger partial charge in [0, 0.05) is 13.1 Å². The molecule has 1 aliphatic heterocycles. The fourth-order valence-corrected chi connectivity index (χ4v) is 2.87. The minimum atomic E-state index is -1.03. The molecule has 2 N–H and O–H groups in total. The number of carbonyl (C=O) groups excluding carboxylic acids is 1. The fourth-order valence-electron chi connectivity index (χ4n) is 2.87. The molecule has 1 fully saturated rings. The first kappa shape index (κ1) is 16.8. The van der Waals surface area contributed by atoms with Gasteiger partial charge in [-0.3, -0.25) is 5.32 Å². The van der Waals surface area contributed by atoms with Crippen LogP contribution in [0.2, 0.25) is 0 Å². The number of carboxylic acids is 1. The zero-order valence-corrected chi connectivity index (χ0v) is 13.8. The van der Waals surface area contributed by atoms with Crippen LogP contribution in [0.1, 0.15) is 28.8 Å². The Balaban J connectivity index is 1.73. The van der Waals surface area contributed by atoms with E-state index in [0.717, 1.165) is 37.2 Å². The molecule has 6 nitrogen and oxygen atoms in total. The maximum atomic E-state index is 12.1. The molecule has 0 radical (unpaired) electrons.